The number of esters is 1. The van der Waals surface area contributed by atoms with Crippen molar-refractivity contribution >= 4 is 34.3 Å². The monoisotopic (exact) mass is 300 g/mol. The van der Waals surface area contributed by atoms with Gasteiger partial charge in [-0.1, -0.05) is 0 Å². The van der Waals surface area contributed by atoms with Crippen molar-refractivity contribution in [1.29, 1.82) is 0 Å². The van der Waals surface area contributed by atoms with Gasteiger partial charge in [0.05, 0.1) is 12.7 Å². The predicted molar refractivity (Wildman–Crippen MR) is 74.4 cm³/mol. The molecule has 0 saturated heterocycles. The third-order valence-electron chi connectivity index (χ3n) is 2.76. The van der Waals surface area contributed by atoms with Crippen LogP contribution in [0.15, 0.2) is 0 Å². The second kappa shape index (κ2) is 6.38. The number of aryl methyl sites for hydroxylation is 1. The number of amides is 2. The van der Waals surface area contributed by atoms with Gasteiger partial charge in [0.25, 0.3) is 0 Å². The van der Waals surface area contributed by atoms with Gasteiger partial charge in [0, 0.05) is 11.9 Å². The van der Waals surface area contributed by atoms with Gasteiger partial charge in [-0.25, -0.2) is 9.59 Å². The molecule has 1 rings (SSSR count). The fraction of sp³-hybridized carbons (Fsp3) is 0.417. The lowest BCUT2D eigenvalue weighted by Crippen LogP contribution is -2.36. The van der Waals surface area contributed by atoms with Gasteiger partial charge in [0.1, 0.15) is 11.5 Å². The Morgan fingerprint density at radius 3 is 2.45 bits per heavy atom. The number of carbonyl (C=O) groups excluding carboxylic acids is 2. The molecular formula is C12H16N2O5S. The summed E-state index contributed by atoms with van der Waals surface area (Å²) in [6.45, 7) is 3.25. The van der Waals surface area contributed by atoms with Gasteiger partial charge in [-0.15, -0.1) is 11.3 Å². The summed E-state index contributed by atoms with van der Waals surface area (Å²) in [5.41, 5.74) is 0.695. The van der Waals surface area contributed by atoms with E-state index in [4.69, 9.17) is 5.11 Å². The van der Waals surface area contributed by atoms with Gasteiger partial charge in [-0.3, -0.25) is 10.1 Å². The van der Waals surface area contributed by atoms with E-state index < -0.39 is 18.0 Å². The van der Waals surface area contributed by atoms with Crippen LogP contribution in [0, 0.1) is 13.8 Å². The van der Waals surface area contributed by atoms with Crippen molar-refractivity contribution < 1.29 is 24.2 Å². The molecule has 110 valence electrons. The summed E-state index contributed by atoms with van der Waals surface area (Å²) in [6, 6.07) is -0.570. The number of rotatable bonds is 4. The number of carbonyl (C=O) groups is 3. The van der Waals surface area contributed by atoms with E-state index in [1.165, 1.54) is 25.5 Å². The SMILES string of the molecule is COC(=O)CN(C)C(=O)Nc1sc(C)c(C)c1C(=O)O. The fourth-order valence-corrected chi connectivity index (χ4v) is 2.54. The molecule has 0 aliphatic heterocycles. The minimum atomic E-state index is -1.10. The minimum Gasteiger partial charge on any atom is -0.478 e. The molecule has 0 fully saturated rings. The normalized spacial score (nSPS) is 10.0. The van der Waals surface area contributed by atoms with E-state index in [1.54, 1.807) is 13.8 Å². The fourth-order valence-electron chi connectivity index (χ4n) is 1.50. The Kier molecular flexibility index (Phi) is 5.09. The highest BCUT2D eigenvalue weighted by Gasteiger charge is 2.22. The van der Waals surface area contributed by atoms with E-state index in [0.717, 1.165) is 9.78 Å². The molecule has 0 aliphatic rings. The first kappa shape index (κ1) is 16.0. The smallest absolute Gasteiger partial charge is 0.338 e. The quantitative estimate of drug-likeness (QED) is 0.825. The highest BCUT2D eigenvalue weighted by atomic mass is 32.1. The summed E-state index contributed by atoms with van der Waals surface area (Å²) in [5.74, 6) is -1.66. The second-order valence-electron chi connectivity index (χ2n) is 4.15. The summed E-state index contributed by atoms with van der Waals surface area (Å²) >= 11 is 1.18. The largest absolute Gasteiger partial charge is 0.478 e. The van der Waals surface area contributed by atoms with E-state index in [2.05, 4.69) is 10.1 Å². The number of hydrogen-bond donors (Lipinski definition) is 2. The first-order chi connectivity index (χ1) is 9.27. The Morgan fingerprint density at radius 1 is 1.35 bits per heavy atom. The van der Waals surface area contributed by atoms with Crippen LogP contribution < -0.4 is 5.32 Å². The Balaban J connectivity index is 2.88. The molecule has 7 nitrogen and oxygen atoms in total. The average molecular weight is 300 g/mol. The number of nitrogens with zero attached hydrogens (tertiary/aromatic N) is 1. The van der Waals surface area contributed by atoms with Gasteiger partial charge >= 0.3 is 18.0 Å². The topological polar surface area (TPSA) is 95.9 Å². The highest BCUT2D eigenvalue weighted by molar-refractivity contribution is 7.16. The number of carboxylic acids is 1. The summed E-state index contributed by atoms with van der Waals surface area (Å²) in [5, 5.41) is 11.9. The number of aromatic carboxylic acids is 1. The summed E-state index contributed by atoms with van der Waals surface area (Å²) < 4.78 is 4.45. The summed E-state index contributed by atoms with van der Waals surface area (Å²) in [7, 11) is 2.64. The van der Waals surface area contributed by atoms with Crippen molar-refractivity contribution in [2.75, 3.05) is 26.0 Å². The zero-order valence-electron chi connectivity index (χ0n) is 11.6. The lowest BCUT2D eigenvalue weighted by atomic mass is 10.1. The van der Waals surface area contributed by atoms with E-state index in [1.807, 2.05) is 0 Å². The number of ether oxygens (including phenoxy) is 1. The Bertz CT molecular complexity index is 552. The van der Waals surface area contributed by atoms with Crippen LogP contribution >= 0.6 is 11.3 Å². The number of methoxy groups -OCH3 is 1. The van der Waals surface area contributed by atoms with Crippen molar-refractivity contribution in [2.24, 2.45) is 0 Å². The maximum absolute atomic E-state index is 11.9. The maximum atomic E-state index is 11.9. The predicted octanol–water partition coefficient (Wildman–Crippen LogP) is 1.70. The zero-order valence-corrected chi connectivity index (χ0v) is 12.5. The number of hydrogen-bond acceptors (Lipinski definition) is 5. The van der Waals surface area contributed by atoms with Crippen molar-refractivity contribution in [2.45, 2.75) is 13.8 Å². The third kappa shape index (κ3) is 3.47. The molecule has 0 atom stereocenters. The molecule has 1 aromatic rings. The number of nitrogens with one attached hydrogen (secondary N) is 1. The second-order valence-corrected chi connectivity index (χ2v) is 5.38. The Labute approximate surface area is 120 Å². The molecule has 0 bridgehead atoms. The molecule has 0 aliphatic carbocycles. The molecule has 0 unspecified atom stereocenters. The van der Waals surface area contributed by atoms with Gasteiger partial charge in [0.2, 0.25) is 0 Å². The lowest BCUT2D eigenvalue weighted by Gasteiger charge is -2.16. The molecule has 20 heavy (non-hydrogen) atoms. The number of likely N-dealkylation sites (N-methyl/N-ethyl adjacent to an activating group) is 1. The standard InChI is InChI=1S/C12H16N2O5S/c1-6-7(2)20-10(9(6)11(16)17)13-12(18)14(3)5-8(15)19-4/h5H2,1-4H3,(H,13,18)(H,16,17). The van der Waals surface area contributed by atoms with Crippen LogP contribution in [0.4, 0.5) is 9.80 Å². The number of urea groups is 1. The number of thiophene rings is 1. The first-order valence-corrected chi connectivity index (χ1v) is 6.51. The Morgan fingerprint density at radius 2 is 1.95 bits per heavy atom. The molecule has 1 heterocycles. The van der Waals surface area contributed by atoms with Crippen molar-refractivity contribution in [3.8, 4) is 0 Å². The Hall–Kier alpha value is -2.09. The van der Waals surface area contributed by atoms with Crippen LogP contribution in [-0.4, -0.2) is 48.7 Å². The van der Waals surface area contributed by atoms with Gasteiger partial charge in [0.15, 0.2) is 0 Å². The average Bonchev–Trinajstić information content (AvgIpc) is 2.64. The van der Waals surface area contributed by atoms with Gasteiger partial charge in [-0.05, 0) is 19.4 Å². The number of carboxylic acid groups (broad SMARTS) is 1. The lowest BCUT2D eigenvalue weighted by molar-refractivity contribution is -0.140. The molecule has 2 N–H and O–H groups in total. The molecular weight excluding hydrogens is 284 g/mol. The van der Waals surface area contributed by atoms with Crippen LogP contribution in [0.3, 0.4) is 0 Å². The first-order valence-electron chi connectivity index (χ1n) is 5.70. The highest BCUT2D eigenvalue weighted by Crippen LogP contribution is 2.32. The molecule has 0 radical (unpaired) electrons. The molecule has 2 amide bonds. The molecule has 0 spiro atoms. The molecule has 8 heteroatoms. The van der Waals surface area contributed by atoms with Crippen LogP contribution in [0.1, 0.15) is 20.8 Å². The zero-order chi connectivity index (χ0) is 15.4. The molecule has 1 aromatic heterocycles. The minimum absolute atomic E-state index is 0.0762. The van der Waals surface area contributed by atoms with Crippen LogP contribution in [-0.2, 0) is 9.53 Å². The van der Waals surface area contributed by atoms with Crippen LogP contribution in [0.5, 0.6) is 0 Å². The van der Waals surface area contributed by atoms with E-state index in [9.17, 15) is 14.4 Å². The molecule has 0 saturated carbocycles. The van der Waals surface area contributed by atoms with Crippen molar-refractivity contribution in [3.05, 3.63) is 16.0 Å². The van der Waals surface area contributed by atoms with E-state index >= 15 is 0 Å². The van der Waals surface area contributed by atoms with Gasteiger partial charge in [-0.2, -0.15) is 0 Å². The van der Waals surface area contributed by atoms with Crippen LogP contribution in [0.25, 0.3) is 0 Å². The maximum Gasteiger partial charge on any atom is 0.338 e. The van der Waals surface area contributed by atoms with Crippen LogP contribution in [0.2, 0.25) is 0 Å². The van der Waals surface area contributed by atoms with Gasteiger partial charge < -0.3 is 14.7 Å². The third-order valence-corrected chi connectivity index (χ3v) is 3.88. The van der Waals surface area contributed by atoms with E-state index in [-0.39, 0.29) is 17.1 Å². The van der Waals surface area contributed by atoms with Crippen molar-refractivity contribution in [3.63, 3.8) is 0 Å². The summed E-state index contributed by atoms with van der Waals surface area (Å²) in [6.07, 6.45) is 0. The van der Waals surface area contributed by atoms with Crippen molar-refractivity contribution in [1.82, 2.24) is 4.90 Å². The number of anilines is 1. The van der Waals surface area contributed by atoms with E-state index in [0.29, 0.717) is 5.56 Å². The summed E-state index contributed by atoms with van der Waals surface area (Å²) in [4.78, 5) is 36.1. The molecule has 0 aromatic carbocycles.